The molecule has 38 heavy (non-hydrogen) atoms. The van der Waals surface area contributed by atoms with E-state index in [2.05, 4.69) is 14.6 Å². The van der Waals surface area contributed by atoms with Crippen molar-refractivity contribution >= 4 is 49.8 Å². The number of anilines is 1. The normalized spacial score (nSPS) is 18.6. The van der Waals surface area contributed by atoms with Gasteiger partial charge in [0.05, 0.1) is 27.9 Å². The predicted molar refractivity (Wildman–Crippen MR) is 146 cm³/mol. The number of benzene rings is 3. The number of sulfonamides is 1. The van der Waals surface area contributed by atoms with Crippen LogP contribution < -0.4 is 9.46 Å². The Kier molecular flexibility index (Phi) is 7.55. The van der Waals surface area contributed by atoms with E-state index in [0.717, 1.165) is 31.1 Å². The van der Waals surface area contributed by atoms with Gasteiger partial charge >= 0.3 is 0 Å². The van der Waals surface area contributed by atoms with E-state index in [-0.39, 0.29) is 29.1 Å². The van der Waals surface area contributed by atoms with Crippen LogP contribution in [0, 0.1) is 17.6 Å². The van der Waals surface area contributed by atoms with Gasteiger partial charge in [0.25, 0.3) is 10.0 Å². The zero-order valence-electron chi connectivity index (χ0n) is 20.3. The molecule has 0 spiro atoms. The van der Waals surface area contributed by atoms with Crippen LogP contribution >= 0.6 is 23.2 Å². The van der Waals surface area contributed by atoms with E-state index in [1.165, 1.54) is 42.6 Å². The molecule has 0 saturated carbocycles. The van der Waals surface area contributed by atoms with Crippen LogP contribution in [0.25, 0.3) is 10.9 Å². The summed E-state index contributed by atoms with van der Waals surface area (Å²) in [5.41, 5.74) is 1.61. The quantitative estimate of drug-likeness (QED) is 0.256. The number of piperidine rings is 1. The molecule has 0 bridgehead atoms. The maximum Gasteiger partial charge on any atom is 0.264 e. The van der Waals surface area contributed by atoms with Crippen LogP contribution in [0.4, 0.5) is 14.5 Å². The number of rotatable bonds is 7. The van der Waals surface area contributed by atoms with Gasteiger partial charge in [0.2, 0.25) is 0 Å². The number of H-pyrrole nitrogens is 1. The SMILES string of the molecule is CN1CC[C@@H](c2ccc(F)cc2)[C@H](COc2ccc(S(=O)(=O)Nc3ccc(Cl)c4c(Cl)c[nH]c34)c(F)c2)C1. The smallest absolute Gasteiger partial charge is 0.264 e. The molecule has 6 nitrogen and oxygen atoms in total. The van der Waals surface area contributed by atoms with Gasteiger partial charge in [-0.2, -0.15) is 0 Å². The molecular weight excluding hydrogens is 555 g/mol. The van der Waals surface area contributed by atoms with E-state index in [0.29, 0.717) is 27.6 Å². The molecule has 1 fully saturated rings. The highest BCUT2D eigenvalue weighted by Gasteiger charge is 2.30. The number of fused-ring (bicyclic) bond motifs is 1. The number of ether oxygens (including phenoxy) is 1. The minimum Gasteiger partial charge on any atom is -0.493 e. The summed E-state index contributed by atoms with van der Waals surface area (Å²) in [6.07, 6.45) is 2.38. The maximum absolute atomic E-state index is 15.0. The number of aromatic amines is 1. The molecule has 2 heterocycles. The standard InChI is InChI=1S/C27H25Cl2F2N3O3S/c1-34-11-10-20(16-2-4-18(30)5-3-16)17(14-34)15-37-19-6-9-25(23(31)12-19)38(35,36)33-24-8-7-21(28)26-22(29)13-32-27(24)26/h2-9,12-13,17,20,32-33H,10-11,14-15H2,1H3/t17-,20-/m0/s1. The van der Waals surface area contributed by atoms with E-state index in [1.54, 1.807) is 12.1 Å². The summed E-state index contributed by atoms with van der Waals surface area (Å²) < 4.78 is 62.8. The molecule has 1 saturated heterocycles. The van der Waals surface area contributed by atoms with Crippen molar-refractivity contribution in [2.75, 3.05) is 31.5 Å². The number of likely N-dealkylation sites (tertiary alicyclic amines) is 1. The molecule has 1 aliphatic heterocycles. The van der Waals surface area contributed by atoms with E-state index in [1.807, 2.05) is 7.05 Å². The number of hydrogen-bond acceptors (Lipinski definition) is 4. The van der Waals surface area contributed by atoms with Crippen LogP contribution in [-0.4, -0.2) is 45.0 Å². The van der Waals surface area contributed by atoms with Crippen molar-refractivity contribution in [3.05, 3.63) is 88.0 Å². The number of nitrogens with zero attached hydrogens (tertiary/aromatic N) is 1. The molecule has 1 aromatic heterocycles. The first-order chi connectivity index (χ1) is 18.1. The van der Waals surface area contributed by atoms with Crippen molar-refractivity contribution in [1.29, 1.82) is 0 Å². The molecule has 4 aromatic rings. The monoisotopic (exact) mass is 579 g/mol. The van der Waals surface area contributed by atoms with Crippen LogP contribution in [0.1, 0.15) is 17.9 Å². The molecule has 200 valence electrons. The van der Waals surface area contributed by atoms with Crippen molar-refractivity contribution < 1.29 is 21.9 Å². The molecule has 0 aliphatic carbocycles. The predicted octanol–water partition coefficient (Wildman–Crippen LogP) is 6.67. The first kappa shape index (κ1) is 26.7. The van der Waals surface area contributed by atoms with Crippen LogP contribution in [0.2, 0.25) is 10.0 Å². The van der Waals surface area contributed by atoms with Gasteiger partial charge in [-0.25, -0.2) is 17.2 Å². The largest absolute Gasteiger partial charge is 0.493 e. The molecule has 1 aliphatic rings. The fourth-order valence-electron chi connectivity index (χ4n) is 4.98. The second-order valence-electron chi connectivity index (χ2n) is 9.46. The Hall–Kier alpha value is -2.85. The second kappa shape index (κ2) is 10.7. The molecule has 0 radical (unpaired) electrons. The van der Waals surface area contributed by atoms with E-state index < -0.39 is 20.7 Å². The third kappa shape index (κ3) is 5.47. The molecule has 5 rings (SSSR count). The van der Waals surface area contributed by atoms with Gasteiger partial charge in [-0.15, -0.1) is 0 Å². The topological polar surface area (TPSA) is 74.4 Å². The van der Waals surface area contributed by atoms with Crippen molar-refractivity contribution in [3.63, 3.8) is 0 Å². The lowest BCUT2D eigenvalue weighted by atomic mass is 9.81. The maximum atomic E-state index is 15.0. The van der Waals surface area contributed by atoms with Gasteiger partial charge in [-0.3, -0.25) is 4.72 Å². The molecule has 3 aromatic carbocycles. The fourth-order valence-corrected chi connectivity index (χ4v) is 6.67. The summed E-state index contributed by atoms with van der Waals surface area (Å²) in [4.78, 5) is 4.56. The first-order valence-corrected chi connectivity index (χ1v) is 14.2. The average Bonchev–Trinajstić information content (AvgIpc) is 3.27. The third-order valence-electron chi connectivity index (χ3n) is 6.87. The fraction of sp³-hybridized carbons (Fsp3) is 0.259. The van der Waals surface area contributed by atoms with E-state index in [4.69, 9.17) is 27.9 Å². The van der Waals surface area contributed by atoms with Crippen molar-refractivity contribution in [2.45, 2.75) is 17.2 Å². The van der Waals surface area contributed by atoms with Gasteiger partial charge < -0.3 is 14.6 Å². The summed E-state index contributed by atoms with van der Waals surface area (Å²) in [7, 11) is -2.25. The third-order valence-corrected chi connectivity index (χ3v) is 8.88. The van der Waals surface area contributed by atoms with Crippen molar-refractivity contribution in [1.82, 2.24) is 9.88 Å². The molecule has 0 amide bonds. The molecule has 0 unspecified atom stereocenters. The number of aromatic nitrogens is 1. The van der Waals surface area contributed by atoms with Gasteiger partial charge in [0.15, 0.2) is 0 Å². The number of hydrogen-bond donors (Lipinski definition) is 2. The molecule has 2 atom stereocenters. The average molecular weight is 580 g/mol. The van der Waals surface area contributed by atoms with Gasteiger partial charge in [-0.05, 0) is 67.9 Å². The molecule has 2 N–H and O–H groups in total. The van der Waals surface area contributed by atoms with E-state index in [9.17, 15) is 12.8 Å². The highest BCUT2D eigenvalue weighted by Crippen LogP contribution is 2.36. The van der Waals surface area contributed by atoms with E-state index >= 15 is 4.39 Å². The Bertz CT molecular complexity index is 1580. The van der Waals surface area contributed by atoms with Crippen LogP contribution in [0.15, 0.2) is 65.7 Å². The Morgan fingerprint density at radius 1 is 1.08 bits per heavy atom. The Morgan fingerprint density at radius 3 is 2.58 bits per heavy atom. The van der Waals surface area contributed by atoms with Crippen LogP contribution in [0.3, 0.4) is 0 Å². The molecular formula is C27H25Cl2F2N3O3S. The Balaban J connectivity index is 1.32. The van der Waals surface area contributed by atoms with Gasteiger partial charge in [0.1, 0.15) is 22.3 Å². The number of halogens is 4. The summed E-state index contributed by atoms with van der Waals surface area (Å²) in [6.45, 7) is 1.97. The lowest BCUT2D eigenvalue weighted by molar-refractivity contribution is 0.129. The van der Waals surface area contributed by atoms with Crippen molar-refractivity contribution in [3.8, 4) is 5.75 Å². The zero-order valence-corrected chi connectivity index (χ0v) is 22.7. The van der Waals surface area contributed by atoms with Crippen LogP contribution in [0.5, 0.6) is 5.75 Å². The summed E-state index contributed by atoms with van der Waals surface area (Å²) in [5.74, 6) is -0.754. The zero-order chi connectivity index (χ0) is 27.0. The lowest BCUT2D eigenvalue weighted by Gasteiger charge is -2.37. The Labute approximate surface area is 229 Å². The summed E-state index contributed by atoms with van der Waals surface area (Å²) in [5, 5.41) is 1.15. The van der Waals surface area contributed by atoms with Crippen LogP contribution in [-0.2, 0) is 10.0 Å². The summed E-state index contributed by atoms with van der Waals surface area (Å²) >= 11 is 12.3. The Morgan fingerprint density at radius 2 is 1.84 bits per heavy atom. The number of nitrogens with one attached hydrogen (secondary N) is 2. The lowest BCUT2D eigenvalue weighted by Crippen LogP contribution is -2.39. The minimum atomic E-state index is -4.27. The minimum absolute atomic E-state index is 0.0901. The highest BCUT2D eigenvalue weighted by atomic mass is 35.5. The van der Waals surface area contributed by atoms with Gasteiger partial charge in [0, 0.05) is 30.1 Å². The van der Waals surface area contributed by atoms with Crippen molar-refractivity contribution in [2.24, 2.45) is 5.92 Å². The first-order valence-electron chi connectivity index (χ1n) is 12.0. The van der Waals surface area contributed by atoms with Gasteiger partial charge in [-0.1, -0.05) is 35.3 Å². The molecule has 11 heteroatoms. The highest BCUT2D eigenvalue weighted by molar-refractivity contribution is 7.92. The second-order valence-corrected chi connectivity index (χ2v) is 11.9. The summed E-state index contributed by atoms with van der Waals surface area (Å²) in [6, 6.07) is 13.1.